The lowest BCUT2D eigenvalue weighted by atomic mass is 10.0. The van der Waals surface area contributed by atoms with Crippen molar-refractivity contribution in [1.29, 1.82) is 0 Å². The topological polar surface area (TPSA) is 75.4 Å². The highest BCUT2D eigenvalue weighted by Gasteiger charge is 2.16. The van der Waals surface area contributed by atoms with Crippen LogP contribution in [0.5, 0.6) is 0 Å². The van der Waals surface area contributed by atoms with Crippen molar-refractivity contribution in [3.63, 3.8) is 0 Å². The van der Waals surface area contributed by atoms with Gasteiger partial charge in [0.15, 0.2) is 0 Å². The van der Waals surface area contributed by atoms with E-state index in [1.165, 1.54) is 0 Å². The molecule has 5 nitrogen and oxygen atoms in total. The van der Waals surface area contributed by atoms with Crippen LogP contribution in [0.4, 0.5) is 0 Å². The SMILES string of the molecule is Cc1ccc(C(=O)NCC(Cc2ccc(C(N)=O)cc2)N(C)C)c(C)c1. The fourth-order valence-corrected chi connectivity index (χ4v) is 2.89. The Balaban J connectivity index is 2.01. The predicted octanol–water partition coefficient (Wildman–Crippen LogP) is 2.31. The van der Waals surface area contributed by atoms with E-state index in [1.54, 1.807) is 12.1 Å². The molecular formula is C21H27N3O2. The number of carbonyl (C=O) groups excluding carboxylic acids is 2. The van der Waals surface area contributed by atoms with Crippen LogP contribution in [0.15, 0.2) is 42.5 Å². The molecule has 1 atom stereocenters. The van der Waals surface area contributed by atoms with Gasteiger partial charge in [-0.15, -0.1) is 0 Å². The second-order valence-electron chi connectivity index (χ2n) is 6.91. The molecule has 0 spiro atoms. The van der Waals surface area contributed by atoms with Crippen LogP contribution in [0.2, 0.25) is 0 Å². The minimum atomic E-state index is -0.429. The molecule has 2 aromatic rings. The Hall–Kier alpha value is -2.66. The van der Waals surface area contributed by atoms with Gasteiger partial charge >= 0.3 is 0 Å². The van der Waals surface area contributed by atoms with Crippen molar-refractivity contribution in [3.8, 4) is 0 Å². The molecule has 0 fully saturated rings. The van der Waals surface area contributed by atoms with E-state index < -0.39 is 5.91 Å². The molecule has 0 bridgehead atoms. The number of hydrogen-bond donors (Lipinski definition) is 2. The lowest BCUT2D eigenvalue weighted by molar-refractivity contribution is 0.0940. The second-order valence-corrected chi connectivity index (χ2v) is 6.91. The zero-order valence-corrected chi connectivity index (χ0v) is 15.9. The van der Waals surface area contributed by atoms with Crippen LogP contribution in [0.3, 0.4) is 0 Å². The number of hydrogen-bond acceptors (Lipinski definition) is 3. The van der Waals surface area contributed by atoms with Crippen molar-refractivity contribution in [1.82, 2.24) is 10.2 Å². The minimum absolute atomic E-state index is 0.0570. The number of likely N-dealkylation sites (N-methyl/N-ethyl adjacent to an activating group) is 1. The van der Waals surface area contributed by atoms with Crippen LogP contribution in [-0.2, 0) is 6.42 Å². The number of rotatable bonds is 7. The molecule has 1 unspecified atom stereocenters. The first kappa shape index (κ1) is 19.7. The summed E-state index contributed by atoms with van der Waals surface area (Å²) in [6.45, 7) is 4.50. The van der Waals surface area contributed by atoms with Crippen LogP contribution in [0.1, 0.15) is 37.4 Å². The minimum Gasteiger partial charge on any atom is -0.366 e. The zero-order valence-electron chi connectivity index (χ0n) is 15.9. The van der Waals surface area contributed by atoms with Gasteiger partial charge in [0.2, 0.25) is 5.91 Å². The quantitative estimate of drug-likeness (QED) is 0.802. The van der Waals surface area contributed by atoms with Gasteiger partial charge in [0, 0.05) is 23.7 Å². The highest BCUT2D eigenvalue weighted by atomic mass is 16.2. The first-order valence-electron chi connectivity index (χ1n) is 8.68. The smallest absolute Gasteiger partial charge is 0.251 e. The number of primary amides is 1. The molecule has 2 rings (SSSR count). The van der Waals surface area contributed by atoms with E-state index in [0.29, 0.717) is 17.7 Å². The maximum absolute atomic E-state index is 12.5. The van der Waals surface area contributed by atoms with E-state index in [2.05, 4.69) is 10.2 Å². The van der Waals surface area contributed by atoms with Gasteiger partial charge in [0.25, 0.3) is 5.91 Å². The van der Waals surface area contributed by atoms with Gasteiger partial charge in [-0.1, -0.05) is 29.8 Å². The van der Waals surface area contributed by atoms with Gasteiger partial charge in [0.05, 0.1) is 0 Å². The number of aryl methyl sites for hydroxylation is 2. The zero-order chi connectivity index (χ0) is 19.3. The van der Waals surface area contributed by atoms with Crippen LogP contribution in [0, 0.1) is 13.8 Å². The Morgan fingerprint density at radius 2 is 1.73 bits per heavy atom. The number of nitrogens with two attached hydrogens (primary N) is 1. The molecule has 0 saturated carbocycles. The summed E-state index contributed by atoms with van der Waals surface area (Å²) in [6.07, 6.45) is 0.763. The molecule has 0 aliphatic carbocycles. The van der Waals surface area contributed by atoms with E-state index >= 15 is 0 Å². The molecule has 0 radical (unpaired) electrons. The van der Waals surface area contributed by atoms with E-state index in [9.17, 15) is 9.59 Å². The lowest BCUT2D eigenvalue weighted by Gasteiger charge is -2.25. The van der Waals surface area contributed by atoms with E-state index in [1.807, 2.05) is 58.3 Å². The first-order valence-corrected chi connectivity index (χ1v) is 8.68. The van der Waals surface area contributed by atoms with Gasteiger partial charge in [-0.3, -0.25) is 9.59 Å². The average Bonchev–Trinajstić information content (AvgIpc) is 2.58. The van der Waals surface area contributed by atoms with Crippen molar-refractivity contribution in [2.75, 3.05) is 20.6 Å². The molecular weight excluding hydrogens is 326 g/mol. The van der Waals surface area contributed by atoms with Crippen LogP contribution >= 0.6 is 0 Å². The molecule has 0 aliphatic heterocycles. The molecule has 0 aliphatic rings. The summed E-state index contributed by atoms with van der Waals surface area (Å²) in [5, 5.41) is 3.04. The summed E-state index contributed by atoms with van der Waals surface area (Å²) in [6, 6.07) is 13.3. The maximum atomic E-state index is 12.5. The third-order valence-electron chi connectivity index (χ3n) is 4.56. The summed E-state index contributed by atoms with van der Waals surface area (Å²) in [7, 11) is 3.98. The maximum Gasteiger partial charge on any atom is 0.251 e. The van der Waals surface area contributed by atoms with Crippen molar-refractivity contribution in [3.05, 3.63) is 70.3 Å². The van der Waals surface area contributed by atoms with Gasteiger partial charge in [-0.05, 0) is 63.7 Å². The largest absolute Gasteiger partial charge is 0.366 e. The Labute approximate surface area is 155 Å². The lowest BCUT2D eigenvalue weighted by Crippen LogP contribution is -2.41. The summed E-state index contributed by atoms with van der Waals surface area (Å²) in [5.41, 5.74) is 9.70. The Morgan fingerprint density at radius 3 is 2.27 bits per heavy atom. The number of carbonyl (C=O) groups is 2. The average molecular weight is 353 g/mol. The number of nitrogens with one attached hydrogen (secondary N) is 1. The van der Waals surface area contributed by atoms with Gasteiger partial charge in [-0.25, -0.2) is 0 Å². The fourth-order valence-electron chi connectivity index (χ4n) is 2.89. The second kappa shape index (κ2) is 8.63. The highest BCUT2D eigenvalue weighted by molar-refractivity contribution is 5.95. The predicted molar refractivity (Wildman–Crippen MR) is 104 cm³/mol. The van der Waals surface area contributed by atoms with Crippen molar-refractivity contribution in [2.24, 2.45) is 5.73 Å². The normalized spacial score (nSPS) is 12.0. The molecule has 0 aromatic heterocycles. The third kappa shape index (κ3) is 5.17. The van der Waals surface area contributed by atoms with Crippen molar-refractivity contribution in [2.45, 2.75) is 26.3 Å². The van der Waals surface area contributed by atoms with Gasteiger partial charge < -0.3 is 16.0 Å². The summed E-state index contributed by atoms with van der Waals surface area (Å²) < 4.78 is 0. The fraction of sp³-hybridized carbons (Fsp3) is 0.333. The number of nitrogens with zero attached hydrogens (tertiary/aromatic N) is 1. The Bertz CT molecular complexity index is 782. The van der Waals surface area contributed by atoms with E-state index in [0.717, 1.165) is 23.1 Å². The van der Waals surface area contributed by atoms with Crippen molar-refractivity contribution < 1.29 is 9.59 Å². The first-order chi connectivity index (χ1) is 12.3. The molecule has 26 heavy (non-hydrogen) atoms. The molecule has 2 amide bonds. The van der Waals surface area contributed by atoms with Gasteiger partial charge in [-0.2, -0.15) is 0 Å². The highest BCUT2D eigenvalue weighted by Crippen LogP contribution is 2.12. The Kier molecular flexibility index (Phi) is 6.52. The molecule has 3 N–H and O–H groups in total. The number of benzene rings is 2. The van der Waals surface area contributed by atoms with Gasteiger partial charge in [0.1, 0.15) is 0 Å². The molecule has 138 valence electrons. The monoisotopic (exact) mass is 353 g/mol. The van der Waals surface area contributed by atoms with E-state index in [-0.39, 0.29) is 11.9 Å². The Morgan fingerprint density at radius 1 is 1.08 bits per heavy atom. The molecule has 2 aromatic carbocycles. The molecule has 5 heteroatoms. The van der Waals surface area contributed by atoms with Crippen LogP contribution in [-0.4, -0.2) is 43.4 Å². The summed E-state index contributed by atoms with van der Waals surface area (Å²) in [5.74, 6) is -0.486. The molecule has 0 heterocycles. The van der Waals surface area contributed by atoms with Crippen molar-refractivity contribution >= 4 is 11.8 Å². The van der Waals surface area contributed by atoms with Crippen LogP contribution < -0.4 is 11.1 Å². The standard InChI is InChI=1S/C21H27N3O2/c1-14-5-10-19(15(2)11-14)21(26)23-13-18(24(3)4)12-16-6-8-17(9-7-16)20(22)25/h5-11,18H,12-13H2,1-4H3,(H2,22,25)(H,23,26). The molecule has 0 saturated heterocycles. The third-order valence-corrected chi connectivity index (χ3v) is 4.56. The summed E-state index contributed by atoms with van der Waals surface area (Å²) in [4.78, 5) is 25.8. The summed E-state index contributed by atoms with van der Waals surface area (Å²) >= 11 is 0. The van der Waals surface area contributed by atoms with E-state index in [4.69, 9.17) is 5.73 Å². The van der Waals surface area contributed by atoms with Crippen LogP contribution in [0.25, 0.3) is 0 Å². The number of amides is 2.